The van der Waals surface area contributed by atoms with Gasteiger partial charge in [0.1, 0.15) is 5.75 Å². The second-order valence-electron chi connectivity index (χ2n) is 5.40. The molecule has 3 nitrogen and oxygen atoms in total. The van der Waals surface area contributed by atoms with Gasteiger partial charge in [0, 0.05) is 18.6 Å². The van der Waals surface area contributed by atoms with Crippen LogP contribution in [0.2, 0.25) is 0 Å². The van der Waals surface area contributed by atoms with Crippen molar-refractivity contribution >= 4 is 0 Å². The Balaban J connectivity index is 1.66. The minimum atomic E-state index is 0.214. The van der Waals surface area contributed by atoms with E-state index in [-0.39, 0.29) is 6.04 Å². The molecule has 0 amide bonds. The van der Waals surface area contributed by atoms with Gasteiger partial charge in [0.05, 0.1) is 13.2 Å². The Hall–Kier alpha value is -1.06. The quantitative estimate of drug-likeness (QED) is 0.892. The molecule has 1 heterocycles. The molecule has 0 radical (unpaired) electrons. The van der Waals surface area contributed by atoms with E-state index in [0.717, 1.165) is 44.8 Å². The summed E-state index contributed by atoms with van der Waals surface area (Å²) in [5, 5.41) is 0. The van der Waals surface area contributed by atoms with Crippen LogP contribution in [0.4, 0.5) is 0 Å². The molecular formula is C15H21NO2. The number of nitrogens with two attached hydrogens (primary N) is 1. The van der Waals surface area contributed by atoms with Crippen LogP contribution < -0.4 is 10.5 Å². The van der Waals surface area contributed by atoms with Gasteiger partial charge in [0.15, 0.2) is 0 Å². The smallest absolute Gasteiger partial charge is 0.119 e. The van der Waals surface area contributed by atoms with Crippen LogP contribution in [-0.4, -0.2) is 19.8 Å². The van der Waals surface area contributed by atoms with Gasteiger partial charge in [-0.3, -0.25) is 0 Å². The maximum Gasteiger partial charge on any atom is 0.119 e. The van der Waals surface area contributed by atoms with Gasteiger partial charge < -0.3 is 15.2 Å². The summed E-state index contributed by atoms with van der Waals surface area (Å²) < 4.78 is 11.2. The Morgan fingerprint density at radius 3 is 3.11 bits per heavy atom. The summed E-state index contributed by atoms with van der Waals surface area (Å²) >= 11 is 0. The van der Waals surface area contributed by atoms with Crippen LogP contribution >= 0.6 is 0 Å². The van der Waals surface area contributed by atoms with Crippen LogP contribution in [0.25, 0.3) is 0 Å². The van der Waals surface area contributed by atoms with E-state index in [1.165, 1.54) is 17.5 Å². The summed E-state index contributed by atoms with van der Waals surface area (Å²) in [5.41, 5.74) is 8.79. The van der Waals surface area contributed by atoms with Crippen LogP contribution in [0, 0.1) is 5.92 Å². The summed E-state index contributed by atoms with van der Waals surface area (Å²) in [6, 6.07) is 6.58. The van der Waals surface area contributed by atoms with E-state index >= 15 is 0 Å². The first-order chi connectivity index (χ1) is 8.83. The van der Waals surface area contributed by atoms with Gasteiger partial charge in [-0.05, 0) is 48.9 Å². The molecule has 1 aliphatic heterocycles. The van der Waals surface area contributed by atoms with E-state index in [0.29, 0.717) is 5.92 Å². The van der Waals surface area contributed by atoms with Crippen molar-refractivity contribution < 1.29 is 9.47 Å². The van der Waals surface area contributed by atoms with E-state index in [2.05, 4.69) is 18.2 Å². The number of rotatable bonds is 3. The standard InChI is InChI=1S/C15H21NO2/c16-15-3-1-2-12-8-13(4-5-14(12)15)18-10-11-6-7-17-9-11/h4-5,8,11,15H,1-3,6-7,9-10,16H2. The third-order valence-corrected chi connectivity index (χ3v) is 3.98. The fraction of sp³-hybridized carbons (Fsp3) is 0.600. The molecule has 2 unspecified atom stereocenters. The molecule has 18 heavy (non-hydrogen) atoms. The first kappa shape index (κ1) is 12.0. The van der Waals surface area contributed by atoms with Crippen LogP contribution in [0.5, 0.6) is 5.75 Å². The minimum absolute atomic E-state index is 0.214. The van der Waals surface area contributed by atoms with Gasteiger partial charge >= 0.3 is 0 Å². The molecule has 0 spiro atoms. The lowest BCUT2D eigenvalue weighted by atomic mass is 9.88. The molecule has 3 rings (SSSR count). The highest BCUT2D eigenvalue weighted by atomic mass is 16.5. The van der Waals surface area contributed by atoms with Gasteiger partial charge in [0.25, 0.3) is 0 Å². The van der Waals surface area contributed by atoms with Crippen molar-refractivity contribution in [3.8, 4) is 5.75 Å². The molecule has 1 fully saturated rings. The molecule has 2 N–H and O–H groups in total. The van der Waals surface area contributed by atoms with E-state index < -0.39 is 0 Å². The van der Waals surface area contributed by atoms with Crippen molar-refractivity contribution in [1.29, 1.82) is 0 Å². The Labute approximate surface area is 108 Å². The average Bonchev–Trinajstić information content (AvgIpc) is 2.90. The second-order valence-corrected chi connectivity index (χ2v) is 5.40. The SMILES string of the molecule is NC1CCCc2cc(OCC3CCOC3)ccc21. The molecule has 0 bridgehead atoms. The number of hydrogen-bond donors (Lipinski definition) is 1. The normalized spacial score (nSPS) is 26.9. The third kappa shape index (κ3) is 2.52. The Kier molecular flexibility index (Phi) is 3.52. The van der Waals surface area contributed by atoms with Crippen molar-refractivity contribution in [2.75, 3.05) is 19.8 Å². The Morgan fingerprint density at radius 1 is 1.33 bits per heavy atom. The van der Waals surface area contributed by atoms with Gasteiger partial charge in [-0.2, -0.15) is 0 Å². The number of benzene rings is 1. The topological polar surface area (TPSA) is 44.5 Å². The van der Waals surface area contributed by atoms with Crippen molar-refractivity contribution in [2.24, 2.45) is 11.7 Å². The van der Waals surface area contributed by atoms with Crippen molar-refractivity contribution in [2.45, 2.75) is 31.7 Å². The predicted octanol–water partition coefficient (Wildman–Crippen LogP) is 2.44. The van der Waals surface area contributed by atoms with E-state index in [1.807, 2.05) is 0 Å². The summed E-state index contributed by atoms with van der Waals surface area (Å²) in [6.07, 6.45) is 4.54. The molecule has 1 aromatic rings. The molecule has 2 atom stereocenters. The summed E-state index contributed by atoms with van der Waals surface area (Å²) in [4.78, 5) is 0. The molecule has 1 saturated heterocycles. The van der Waals surface area contributed by atoms with Crippen LogP contribution in [0.15, 0.2) is 18.2 Å². The largest absolute Gasteiger partial charge is 0.493 e. The molecule has 1 aromatic carbocycles. The van der Waals surface area contributed by atoms with Crippen molar-refractivity contribution in [3.63, 3.8) is 0 Å². The maximum atomic E-state index is 6.11. The van der Waals surface area contributed by atoms with Gasteiger partial charge in [-0.25, -0.2) is 0 Å². The number of hydrogen-bond acceptors (Lipinski definition) is 3. The molecule has 3 heteroatoms. The minimum Gasteiger partial charge on any atom is -0.493 e. The summed E-state index contributed by atoms with van der Waals surface area (Å²) in [5.74, 6) is 1.54. The summed E-state index contributed by atoms with van der Waals surface area (Å²) in [6.45, 7) is 2.49. The summed E-state index contributed by atoms with van der Waals surface area (Å²) in [7, 11) is 0. The lowest BCUT2D eigenvalue weighted by Crippen LogP contribution is -2.17. The highest BCUT2D eigenvalue weighted by Gasteiger charge is 2.19. The maximum absolute atomic E-state index is 6.11. The lowest BCUT2D eigenvalue weighted by Gasteiger charge is -2.23. The first-order valence-corrected chi connectivity index (χ1v) is 6.92. The fourth-order valence-electron chi connectivity index (χ4n) is 2.85. The average molecular weight is 247 g/mol. The van der Waals surface area contributed by atoms with Crippen LogP contribution in [0.1, 0.15) is 36.4 Å². The number of ether oxygens (including phenoxy) is 2. The van der Waals surface area contributed by atoms with E-state index in [1.54, 1.807) is 0 Å². The lowest BCUT2D eigenvalue weighted by molar-refractivity contribution is 0.167. The second kappa shape index (κ2) is 5.29. The first-order valence-electron chi connectivity index (χ1n) is 6.92. The van der Waals surface area contributed by atoms with Gasteiger partial charge in [-0.15, -0.1) is 0 Å². The zero-order valence-electron chi connectivity index (χ0n) is 10.7. The fourth-order valence-corrected chi connectivity index (χ4v) is 2.85. The molecule has 1 aliphatic carbocycles. The number of aryl methyl sites for hydroxylation is 1. The molecular weight excluding hydrogens is 226 g/mol. The van der Waals surface area contributed by atoms with Crippen LogP contribution in [-0.2, 0) is 11.2 Å². The Bertz CT molecular complexity index is 413. The monoisotopic (exact) mass is 247 g/mol. The highest BCUT2D eigenvalue weighted by molar-refractivity contribution is 5.38. The van der Waals surface area contributed by atoms with E-state index in [9.17, 15) is 0 Å². The Morgan fingerprint density at radius 2 is 2.28 bits per heavy atom. The highest BCUT2D eigenvalue weighted by Crippen LogP contribution is 2.30. The van der Waals surface area contributed by atoms with Gasteiger partial charge in [-0.1, -0.05) is 6.07 Å². The predicted molar refractivity (Wildman–Crippen MR) is 70.7 cm³/mol. The van der Waals surface area contributed by atoms with Gasteiger partial charge in [0.2, 0.25) is 0 Å². The molecule has 98 valence electrons. The molecule has 0 aromatic heterocycles. The molecule has 0 saturated carbocycles. The number of fused-ring (bicyclic) bond motifs is 1. The van der Waals surface area contributed by atoms with E-state index in [4.69, 9.17) is 15.2 Å². The zero-order valence-corrected chi connectivity index (χ0v) is 10.7. The van der Waals surface area contributed by atoms with Crippen molar-refractivity contribution in [3.05, 3.63) is 29.3 Å². The van der Waals surface area contributed by atoms with Crippen molar-refractivity contribution in [1.82, 2.24) is 0 Å². The molecule has 2 aliphatic rings. The third-order valence-electron chi connectivity index (χ3n) is 3.98. The zero-order chi connectivity index (χ0) is 12.4. The van der Waals surface area contributed by atoms with Crippen LogP contribution in [0.3, 0.4) is 0 Å².